The van der Waals surface area contributed by atoms with E-state index < -0.39 is 0 Å². The van der Waals surface area contributed by atoms with Crippen molar-refractivity contribution in [2.45, 2.75) is 0 Å². The summed E-state index contributed by atoms with van der Waals surface area (Å²) in [5.74, 6) is 0. The van der Waals surface area contributed by atoms with Gasteiger partial charge in [0.2, 0.25) is 0 Å². The summed E-state index contributed by atoms with van der Waals surface area (Å²) in [6.45, 7) is 19.0. The van der Waals surface area contributed by atoms with Gasteiger partial charge in [0.15, 0.2) is 0 Å². The molecular weight excluding hydrogens is 452 g/mol. The van der Waals surface area contributed by atoms with Crippen molar-refractivity contribution in [3.63, 3.8) is 0 Å². The zero-order chi connectivity index (χ0) is 8.00. The van der Waals surface area contributed by atoms with Gasteiger partial charge in [-0.25, -0.2) is 0 Å². The predicted octanol–water partition coefficient (Wildman–Crippen LogP) is -0.823. The van der Waals surface area contributed by atoms with Gasteiger partial charge in [0.25, 0.3) is 0 Å². The van der Waals surface area contributed by atoms with Crippen LogP contribution in [-0.4, -0.2) is 54.4 Å². The fourth-order valence-corrected chi connectivity index (χ4v) is 0. The van der Waals surface area contributed by atoms with Crippen molar-refractivity contribution in [1.82, 2.24) is 0 Å². The summed E-state index contributed by atoms with van der Waals surface area (Å²) in [5, 5.41) is 25.0. The van der Waals surface area contributed by atoms with E-state index in [2.05, 4.69) is 0 Å². The Balaban J connectivity index is -0.00000000356. The summed E-state index contributed by atoms with van der Waals surface area (Å²) in [6, 6.07) is 0. The van der Waals surface area contributed by atoms with E-state index in [0.29, 0.717) is 0 Å². The van der Waals surface area contributed by atoms with E-state index in [-0.39, 0.29) is 75.4 Å². The summed E-state index contributed by atoms with van der Waals surface area (Å²) >= 11 is 0. The number of nitrogens with zero attached hydrogens (tertiary/aromatic N) is 4. The van der Waals surface area contributed by atoms with Gasteiger partial charge in [-0.2, -0.15) is 0 Å². The third-order valence-corrected chi connectivity index (χ3v) is 0. The van der Waals surface area contributed by atoms with Gasteiger partial charge in [0, 0.05) is 0 Å². The molecule has 0 aromatic carbocycles. The molecule has 0 saturated heterocycles. The molecular formula is C4H2BaN4OPt. The summed E-state index contributed by atoms with van der Waals surface area (Å²) in [7, 11) is 0. The van der Waals surface area contributed by atoms with E-state index in [4.69, 9.17) is 47.3 Å². The standard InChI is InChI=1S/4CN.Ba.H2O.Pt/c4*1-2;;;/h;;;;;1H2;/q4*-1;+2;;+2. The minimum Gasteiger partial charge on any atom is -0.512 e. The van der Waals surface area contributed by atoms with Gasteiger partial charge in [0.05, 0.1) is 0 Å². The van der Waals surface area contributed by atoms with Crippen LogP contribution in [0.25, 0.3) is 0 Å². The van der Waals surface area contributed by atoms with Gasteiger partial charge in [-0.3, -0.25) is 0 Å². The summed E-state index contributed by atoms with van der Waals surface area (Å²) in [5.41, 5.74) is 0. The van der Waals surface area contributed by atoms with Gasteiger partial charge >= 0.3 is 69.9 Å². The first kappa shape index (κ1) is 66.3. The van der Waals surface area contributed by atoms with Crippen LogP contribution >= 0.6 is 0 Å². The van der Waals surface area contributed by atoms with E-state index in [9.17, 15) is 0 Å². The average molecular weight is 454 g/mol. The molecule has 0 aromatic heterocycles. The molecule has 0 fully saturated rings. The Morgan fingerprint density at radius 1 is 0.545 bits per heavy atom. The molecule has 7 heteroatoms. The minimum absolute atomic E-state index is 0. The third kappa shape index (κ3) is 21100. The molecule has 0 aliphatic heterocycles. The van der Waals surface area contributed by atoms with Crippen molar-refractivity contribution in [1.29, 1.82) is 21.0 Å². The van der Waals surface area contributed by atoms with Crippen molar-refractivity contribution in [3.8, 4) is 0 Å². The van der Waals surface area contributed by atoms with Crippen LogP contribution in [0.3, 0.4) is 0 Å². The largest absolute Gasteiger partial charge is 2.00 e. The Morgan fingerprint density at radius 2 is 0.545 bits per heavy atom. The summed E-state index contributed by atoms with van der Waals surface area (Å²) in [4.78, 5) is 0. The molecule has 0 heterocycles. The molecule has 5 nitrogen and oxygen atoms in total. The second-order valence-electron chi connectivity index (χ2n) is 0. The minimum atomic E-state index is 0. The van der Waals surface area contributed by atoms with Gasteiger partial charge in [0.1, 0.15) is 0 Å². The number of hydrogen-bond acceptors (Lipinski definition) is 4. The van der Waals surface area contributed by atoms with Gasteiger partial charge in [-0.15, -0.1) is 0 Å². The van der Waals surface area contributed by atoms with Crippen LogP contribution in [0.5, 0.6) is 0 Å². The first-order valence-corrected chi connectivity index (χ1v) is 0.894. The van der Waals surface area contributed by atoms with Crippen LogP contribution in [0, 0.1) is 47.3 Å². The van der Waals surface area contributed by atoms with Crippen molar-refractivity contribution in [3.05, 3.63) is 26.3 Å². The SMILES string of the molecule is O.[Ba+2].[C-]#N.[C-]#N.[C-]#N.[C-]#N.[Pt+2]. The van der Waals surface area contributed by atoms with Crippen molar-refractivity contribution < 1.29 is 26.5 Å². The number of hydrogen-bond donors (Lipinski definition) is 0. The first-order valence-electron chi connectivity index (χ1n) is 0.894. The van der Waals surface area contributed by atoms with Crippen LogP contribution in [-0.2, 0) is 21.1 Å². The molecule has 0 aromatic rings. The van der Waals surface area contributed by atoms with Crippen molar-refractivity contribution in [2.75, 3.05) is 0 Å². The summed E-state index contributed by atoms with van der Waals surface area (Å²) < 4.78 is 0. The second kappa shape index (κ2) is 26600. The van der Waals surface area contributed by atoms with E-state index in [1.54, 1.807) is 0 Å². The number of rotatable bonds is 0. The Labute approximate surface area is 121 Å². The van der Waals surface area contributed by atoms with Crippen LogP contribution in [0.15, 0.2) is 0 Å². The van der Waals surface area contributed by atoms with Crippen LogP contribution in [0.4, 0.5) is 0 Å². The van der Waals surface area contributed by atoms with E-state index in [1.165, 1.54) is 0 Å². The molecule has 0 bridgehead atoms. The van der Waals surface area contributed by atoms with Gasteiger partial charge < -0.3 is 52.8 Å². The molecule has 0 rings (SSSR count). The molecule has 2 N–H and O–H groups in total. The molecule has 0 amide bonds. The molecule has 0 aliphatic carbocycles. The molecule has 0 radical (unpaired) electrons. The van der Waals surface area contributed by atoms with Crippen molar-refractivity contribution in [2.24, 2.45) is 0 Å². The van der Waals surface area contributed by atoms with Crippen LogP contribution in [0.2, 0.25) is 0 Å². The van der Waals surface area contributed by atoms with Crippen molar-refractivity contribution >= 4 is 48.9 Å². The molecule has 11 heavy (non-hydrogen) atoms. The second-order valence-corrected chi connectivity index (χ2v) is 0. The maximum Gasteiger partial charge on any atom is 2.00 e. The smallest absolute Gasteiger partial charge is 0.512 e. The molecule has 0 spiro atoms. The van der Waals surface area contributed by atoms with Gasteiger partial charge in [-0.05, 0) is 0 Å². The van der Waals surface area contributed by atoms with Crippen LogP contribution in [0.1, 0.15) is 0 Å². The topological polar surface area (TPSA) is 127 Å². The van der Waals surface area contributed by atoms with Gasteiger partial charge in [-0.1, -0.05) is 0 Å². The fourth-order valence-electron chi connectivity index (χ4n) is 0. The first-order chi connectivity index (χ1) is 4.00. The molecule has 56 valence electrons. The Morgan fingerprint density at radius 3 is 0.545 bits per heavy atom. The quantitative estimate of drug-likeness (QED) is 0.350. The maximum atomic E-state index is 6.25. The average Bonchev–Trinajstić information content (AvgIpc) is 2.03. The third-order valence-electron chi connectivity index (χ3n) is 0. The maximum absolute atomic E-state index is 6.25. The Hall–Kier alpha value is 0.180. The zero-order valence-electron chi connectivity index (χ0n) is 5.31. The Bertz CT molecular complexity index is 65.1. The molecule has 0 atom stereocenters. The molecule has 0 saturated carbocycles. The Kier molecular flexibility index (Phi) is 160000. The fraction of sp³-hybridized carbons (Fsp3) is 0. The molecule has 0 unspecified atom stereocenters. The summed E-state index contributed by atoms with van der Waals surface area (Å²) in [6.07, 6.45) is 0. The van der Waals surface area contributed by atoms with E-state index in [0.717, 1.165) is 0 Å². The van der Waals surface area contributed by atoms with E-state index >= 15 is 0 Å². The van der Waals surface area contributed by atoms with Crippen LogP contribution < -0.4 is 0 Å². The van der Waals surface area contributed by atoms with E-state index in [1.807, 2.05) is 0 Å². The zero-order valence-corrected chi connectivity index (χ0v) is 12.0. The predicted molar refractivity (Wildman–Crippen MR) is 29.2 cm³/mol. The molecule has 0 aliphatic rings. The monoisotopic (exact) mass is 455 g/mol. The normalized spacial score (nSPS) is 0.727.